The fourth-order valence-corrected chi connectivity index (χ4v) is 2.34. The third-order valence-electron chi connectivity index (χ3n) is 2.90. The van der Waals surface area contributed by atoms with Gasteiger partial charge >= 0.3 is 5.97 Å². The number of carbonyl (C=O) groups is 1. The SMILES string of the molecule is CC(C)C(C(=O)O)C(C=C(Cl)Cl)C1CC1. The van der Waals surface area contributed by atoms with Crippen molar-refractivity contribution in [1.29, 1.82) is 0 Å². The summed E-state index contributed by atoms with van der Waals surface area (Å²) in [6.45, 7) is 3.84. The molecule has 15 heavy (non-hydrogen) atoms. The van der Waals surface area contributed by atoms with Gasteiger partial charge in [0.2, 0.25) is 0 Å². The predicted octanol–water partition coefficient (Wildman–Crippen LogP) is 3.69. The van der Waals surface area contributed by atoms with Crippen LogP contribution in [-0.4, -0.2) is 11.1 Å². The van der Waals surface area contributed by atoms with Crippen molar-refractivity contribution >= 4 is 29.2 Å². The predicted molar refractivity (Wildman–Crippen MR) is 62.0 cm³/mol. The van der Waals surface area contributed by atoms with Crippen LogP contribution in [0.5, 0.6) is 0 Å². The molecular weight excluding hydrogens is 235 g/mol. The molecule has 0 heterocycles. The molecule has 1 N–H and O–H groups in total. The normalized spacial score (nSPS) is 19.8. The lowest BCUT2D eigenvalue weighted by Crippen LogP contribution is -2.28. The van der Waals surface area contributed by atoms with Crippen molar-refractivity contribution in [2.45, 2.75) is 26.7 Å². The molecule has 2 unspecified atom stereocenters. The van der Waals surface area contributed by atoms with Gasteiger partial charge in [0, 0.05) is 0 Å². The van der Waals surface area contributed by atoms with E-state index < -0.39 is 5.97 Å². The van der Waals surface area contributed by atoms with Gasteiger partial charge in [0.1, 0.15) is 4.49 Å². The van der Waals surface area contributed by atoms with Crippen molar-refractivity contribution in [2.24, 2.45) is 23.7 Å². The molecular formula is C11H16Cl2O2. The zero-order valence-corrected chi connectivity index (χ0v) is 10.4. The fraction of sp³-hybridized carbons (Fsp3) is 0.727. The molecule has 1 aliphatic carbocycles. The highest BCUT2D eigenvalue weighted by atomic mass is 35.5. The van der Waals surface area contributed by atoms with Crippen molar-refractivity contribution in [3.05, 3.63) is 10.6 Å². The molecule has 0 saturated heterocycles. The minimum Gasteiger partial charge on any atom is -0.481 e. The Labute approximate surface area is 100 Å². The lowest BCUT2D eigenvalue weighted by Gasteiger charge is -2.24. The lowest BCUT2D eigenvalue weighted by atomic mass is 9.80. The molecule has 1 aliphatic rings. The Morgan fingerprint density at radius 1 is 1.40 bits per heavy atom. The van der Waals surface area contributed by atoms with E-state index in [0.29, 0.717) is 5.92 Å². The Hall–Kier alpha value is -0.210. The van der Waals surface area contributed by atoms with Crippen LogP contribution >= 0.6 is 23.2 Å². The van der Waals surface area contributed by atoms with Gasteiger partial charge < -0.3 is 5.11 Å². The fourth-order valence-electron chi connectivity index (χ4n) is 2.05. The molecule has 0 radical (unpaired) electrons. The van der Waals surface area contributed by atoms with E-state index in [1.54, 1.807) is 6.08 Å². The highest BCUT2D eigenvalue weighted by molar-refractivity contribution is 6.55. The van der Waals surface area contributed by atoms with E-state index in [4.69, 9.17) is 23.2 Å². The van der Waals surface area contributed by atoms with E-state index in [9.17, 15) is 9.90 Å². The van der Waals surface area contributed by atoms with E-state index in [1.807, 2.05) is 13.8 Å². The van der Waals surface area contributed by atoms with Crippen molar-refractivity contribution in [3.8, 4) is 0 Å². The number of hydrogen-bond acceptors (Lipinski definition) is 1. The molecule has 2 atom stereocenters. The zero-order valence-electron chi connectivity index (χ0n) is 8.91. The lowest BCUT2D eigenvalue weighted by molar-refractivity contribution is -0.145. The summed E-state index contributed by atoms with van der Waals surface area (Å²) in [5.74, 6) is -0.622. The summed E-state index contributed by atoms with van der Waals surface area (Å²) >= 11 is 11.3. The Morgan fingerprint density at radius 2 is 1.93 bits per heavy atom. The highest BCUT2D eigenvalue weighted by Crippen LogP contribution is 2.44. The van der Waals surface area contributed by atoms with Gasteiger partial charge in [-0.05, 0) is 36.7 Å². The monoisotopic (exact) mass is 250 g/mol. The summed E-state index contributed by atoms with van der Waals surface area (Å²) in [6.07, 6.45) is 3.86. The van der Waals surface area contributed by atoms with Crippen molar-refractivity contribution in [3.63, 3.8) is 0 Å². The maximum absolute atomic E-state index is 11.2. The molecule has 2 nitrogen and oxygen atoms in total. The van der Waals surface area contributed by atoms with E-state index in [1.165, 1.54) is 0 Å². The first-order chi connectivity index (χ1) is 6.93. The topological polar surface area (TPSA) is 37.3 Å². The summed E-state index contributed by atoms with van der Waals surface area (Å²) < 4.78 is 0.179. The van der Waals surface area contributed by atoms with Crippen LogP contribution in [-0.2, 0) is 4.79 Å². The first kappa shape index (κ1) is 12.9. The third kappa shape index (κ3) is 3.69. The van der Waals surface area contributed by atoms with E-state index >= 15 is 0 Å². The Balaban J connectivity index is 2.84. The van der Waals surface area contributed by atoms with Gasteiger partial charge in [-0.1, -0.05) is 37.0 Å². The van der Waals surface area contributed by atoms with Crippen LogP contribution < -0.4 is 0 Å². The van der Waals surface area contributed by atoms with Crippen molar-refractivity contribution in [2.75, 3.05) is 0 Å². The maximum atomic E-state index is 11.2. The highest BCUT2D eigenvalue weighted by Gasteiger charge is 2.40. The summed E-state index contributed by atoms with van der Waals surface area (Å²) in [5.41, 5.74) is 0. The van der Waals surface area contributed by atoms with Gasteiger partial charge in [-0.2, -0.15) is 0 Å². The summed E-state index contributed by atoms with van der Waals surface area (Å²) in [7, 11) is 0. The maximum Gasteiger partial charge on any atom is 0.307 e. The third-order valence-corrected chi connectivity index (χ3v) is 3.15. The summed E-state index contributed by atoms with van der Waals surface area (Å²) in [5, 5.41) is 9.19. The molecule has 1 fully saturated rings. The number of halogens is 2. The van der Waals surface area contributed by atoms with Gasteiger partial charge in [-0.25, -0.2) is 0 Å². The average molecular weight is 251 g/mol. The van der Waals surface area contributed by atoms with E-state index in [2.05, 4.69) is 0 Å². The second-order valence-electron chi connectivity index (χ2n) is 4.48. The minimum atomic E-state index is -0.757. The van der Waals surface area contributed by atoms with Crippen LogP contribution in [0.25, 0.3) is 0 Å². The second kappa shape index (κ2) is 5.22. The van der Waals surface area contributed by atoms with Gasteiger partial charge in [0.25, 0.3) is 0 Å². The Kier molecular flexibility index (Phi) is 4.47. The van der Waals surface area contributed by atoms with Crippen LogP contribution in [0.2, 0.25) is 0 Å². The quantitative estimate of drug-likeness (QED) is 0.809. The van der Waals surface area contributed by atoms with Crippen molar-refractivity contribution < 1.29 is 9.90 Å². The van der Waals surface area contributed by atoms with Crippen LogP contribution in [0.4, 0.5) is 0 Å². The summed E-state index contributed by atoms with van der Waals surface area (Å²) in [6, 6.07) is 0. The van der Waals surface area contributed by atoms with E-state index in [0.717, 1.165) is 12.8 Å². The molecule has 0 aliphatic heterocycles. The minimum absolute atomic E-state index is 0.0208. The molecule has 1 rings (SSSR count). The number of carboxylic acid groups (broad SMARTS) is 1. The zero-order chi connectivity index (χ0) is 11.6. The molecule has 0 aromatic carbocycles. The molecule has 0 aromatic heterocycles. The molecule has 0 amide bonds. The standard InChI is InChI=1S/C11H16Cl2O2/c1-6(2)10(11(14)15)8(5-9(12)13)7-3-4-7/h5-8,10H,3-4H2,1-2H3,(H,14,15). The van der Waals surface area contributed by atoms with Gasteiger partial charge in [-0.15, -0.1) is 0 Å². The first-order valence-corrected chi connectivity index (χ1v) is 5.94. The van der Waals surface area contributed by atoms with Gasteiger partial charge in [-0.3, -0.25) is 4.79 Å². The summed E-state index contributed by atoms with van der Waals surface area (Å²) in [4.78, 5) is 11.2. The Bertz CT molecular complexity index is 266. The molecule has 4 heteroatoms. The largest absolute Gasteiger partial charge is 0.481 e. The Morgan fingerprint density at radius 3 is 2.20 bits per heavy atom. The molecule has 0 spiro atoms. The second-order valence-corrected chi connectivity index (χ2v) is 5.49. The van der Waals surface area contributed by atoms with Crippen LogP contribution in [0, 0.1) is 23.7 Å². The number of rotatable bonds is 5. The number of hydrogen-bond donors (Lipinski definition) is 1. The molecule has 0 bridgehead atoms. The number of allylic oxidation sites excluding steroid dienone is 1. The van der Waals surface area contributed by atoms with Crippen LogP contribution in [0.3, 0.4) is 0 Å². The number of aliphatic carboxylic acids is 1. The average Bonchev–Trinajstić information content (AvgIpc) is 2.81. The van der Waals surface area contributed by atoms with Crippen molar-refractivity contribution in [1.82, 2.24) is 0 Å². The molecule has 1 saturated carbocycles. The smallest absolute Gasteiger partial charge is 0.307 e. The number of carboxylic acids is 1. The molecule has 86 valence electrons. The van der Waals surface area contributed by atoms with Gasteiger partial charge in [0.15, 0.2) is 0 Å². The van der Waals surface area contributed by atoms with Crippen LogP contribution in [0.15, 0.2) is 10.6 Å². The van der Waals surface area contributed by atoms with Gasteiger partial charge in [0.05, 0.1) is 5.92 Å². The molecule has 0 aromatic rings. The van der Waals surface area contributed by atoms with E-state index in [-0.39, 0.29) is 22.2 Å². The van der Waals surface area contributed by atoms with Crippen LogP contribution in [0.1, 0.15) is 26.7 Å². The first-order valence-electron chi connectivity index (χ1n) is 5.19.